The average Bonchev–Trinajstić information content (AvgIpc) is 2.22. The molecule has 0 N–H and O–H groups in total. The third kappa shape index (κ3) is 6.76. The highest BCUT2D eigenvalue weighted by atomic mass is 16.7. The summed E-state index contributed by atoms with van der Waals surface area (Å²) < 4.78 is 14.1. The van der Waals surface area contributed by atoms with E-state index in [1.165, 1.54) is 6.92 Å². The van der Waals surface area contributed by atoms with E-state index in [0.29, 0.717) is 13.0 Å². The summed E-state index contributed by atoms with van der Waals surface area (Å²) in [6, 6.07) is 0. The summed E-state index contributed by atoms with van der Waals surface area (Å²) in [4.78, 5) is 22.1. The predicted octanol–water partition coefficient (Wildman–Crippen LogP) is 1.89. The Morgan fingerprint density at radius 1 is 1.07 bits per heavy atom. The van der Waals surface area contributed by atoms with E-state index in [9.17, 15) is 9.59 Å². The molecular formula is C10H18O5. The third-order valence-corrected chi connectivity index (χ3v) is 1.48. The van der Waals surface area contributed by atoms with E-state index >= 15 is 0 Å². The van der Waals surface area contributed by atoms with E-state index in [2.05, 4.69) is 9.47 Å². The highest BCUT2D eigenvalue weighted by Crippen LogP contribution is 1.98. The Morgan fingerprint density at radius 3 is 2.13 bits per heavy atom. The fraction of sp³-hybridized carbons (Fsp3) is 0.800. The molecule has 0 saturated carbocycles. The van der Waals surface area contributed by atoms with Crippen LogP contribution in [0, 0.1) is 0 Å². The number of hydrogen-bond acceptors (Lipinski definition) is 5. The monoisotopic (exact) mass is 218 g/mol. The van der Waals surface area contributed by atoms with Crippen molar-refractivity contribution >= 4 is 12.1 Å². The van der Waals surface area contributed by atoms with Crippen LogP contribution in [0.2, 0.25) is 0 Å². The van der Waals surface area contributed by atoms with Gasteiger partial charge in [-0.1, -0.05) is 13.8 Å². The molecule has 0 amide bonds. The second-order valence-corrected chi connectivity index (χ2v) is 3.03. The molecule has 0 aromatic heterocycles. The molecule has 0 aliphatic carbocycles. The van der Waals surface area contributed by atoms with Crippen molar-refractivity contribution in [1.29, 1.82) is 0 Å². The minimum Gasteiger partial charge on any atom is -0.463 e. The highest BCUT2D eigenvalue weighted by molar-refractivity contribution is 5.76. The molecule has 0 heterocycles. The Balaban J connectivity index is 3.75. The lowest BCUT2D eigenvalue weighted by Gasteiger charge is -2.11. The number of esters is 1. The molecule has 0 bridgehead atoms. The zero-order chi connectivity index (χ0) is 11.7. The van der Waals surface area contributed by atoms with Crippen LogP contribution in [-0.2, 0) is 19.0 Å². The summed E-state index contributed by atoms with van der Waals surface area (Å²) in [5, 5.41) is 0. The van der Waals surface area contributed by atoms with Crippen LogP contribution >= 0.6 is 0 Å². The van der Waals surface area contributed by atoms with Crippen LogP contribution in [0.5, 0.6) is 0 Å². The number of rotatable bonds is 6. The van der Waals surface area contributed by atoms with Crippen LogP contribution in [0.1, 0.15) is 33.6 Å². The molecule has 0 aliphatic rings. The minimum atomic E-state index is -0.916. The van der Waals surface area contributed by atoms with E-state index in [1.54, 1.807) is 0 Å². The lowest BCUT2D eigenvalue weighted by atomic mass is 10.4. The van der Waals surface area contributed by atoms with Gasteiger partial charge < -0.3 is 14.2 Å². The smallest absolute Gasteiger partial charge is 0.463 e. The van der Waals surface area contributed by atoms with Crippen molar-refractivity contribution < 1.29 is 23.8 Å². The summed E-state index contributed by atoms with van der Waals surface area (Å²) in [6.45, 7) is 5.82. The Bertz CT molecular complexity index is 202. The van der Waals surface area contributed by atoms with Gasteiger partial charge in [0, 0.05) is 0 Å². The summed E-state index contributed by atoms with van der Waals surface area (Å²) >= 11 is 0. The fourth-order valence-electron chi connectivity index (χ4n) is 0.732. The van der Waals surface area contributed by atoms with Gasteiger partial charge in [0.2, 0.25) is 0 Å². The van der Waals surface area contributed by atoms with Crippen molar-refractivity contribution in [1.82, 2.24) is 0 Å². The van der Waals surface area contributed by atoms with Gasteiger partial charge in [0.1, 0.15) is 0 Å². The molecule has 0 aromatic carbocycles. The number of hydrogen-bond donors (Lipinski definition) is 0. The zero-order valence-corrected chi connectivity index (χ0v) is 9.45. The summed E-state index contributed by atoms with van der Waals surface area (Å²) in [7, 11) is 0. The van der Waals surface area contributed by atoms with Gasteiger partial charge in [-0.05, 0) is 19.8 Å². The SMILES string of the molecule is CCCOC(=O)OC(C)C(=O)OCCC. The van der Waals surface area contributed by atoms with Gasteiger partial charge >= 0.3 is 12.1 Å². The van der Waals surface area contributed by atoms with Crippen LogP contribution in [0.3, 0.4) is 0 Å². The molecule has 5 heteroatoms. The Hall–Kier alpha value is -1.26. The molecular weight excluding hydrogens is 200 g/mol. The van der Waals surface area contributed by atoms with Crippen LogP contribution in [-0.4, -0.2) is 31.4 Å². The van der Waals surface area contributed by atoms with Gasteiger partial charge in [-0.15, -0.1) is 0 Å². The Morgan fingerprint density at radius 2 is 1.60 bits per heavy atom. The van der Waals surface area contributed by atoms with Crippen LogP contribution in [0.4, 0.5) is 4.79 Å². The summed E-state index contributed by atoms with van der Waals surface area (Å²) in [5.41, 5.74) is 0. The first-order valence-electron chi connectivity index (χ1n) is 5.11. The lowest BCUT2D eigenvalue weighted by molar-refractivity contribution is -0.154. The molecule has 5 nitrogen and oxygen atoms in total. The topological polar surface area (TPSA) is 61.8 Å². The van der Waals surface area contributed by atoms with Gasteiger partial charge in [0.25, 0.3) is 0 Å². The second kappa shape index (κ2) is 8.08. The highest BCUT2D eigenvalue weighted by Gasteiger charge is 2.19. The van der Waals surface area contributed by atoms with E-state index in [1.807, 2.05) is 13.8 Å². The van der Waals surface area contributed by atoms with Crippen molar-refractivity contribution in [3.63, 3.8) is 0 Å². The Labute approximate surface area is 89.7 Å². The minimum absolute atomic E-state index is 0.287. The van der Waals surface area contributed by atoms with Crippen molar-refractivity contribution in [2.75, 3.05) is 13.2 Å². The summed E-state index contributed by atoms with van der Waals surface area (Å²) in [6.07, 6.45) is -0.304. The van der Waals surface area contributed by atoms with Crippen molar-refractivity contribution in [2.24, 2.45) is 0 Å². The molecule has 0 aromatic rings. The largest absolute Gasteiger partial charge is 0.509 e. The molecule has 0 rings (SSSR count). The molecule has 1 unspecified atom stereocenters. The van der Waals surface area contributed by atoms with Crippen molar-refractivity contribution in [2.45, 2.75) is 39.7 Å². The van der Waals surface area contributed by atoms with E-state index < -0.39 is 18.2 Å². The van der Waals surface area contributed by atoms with E-state index in [-0.39, 0.29) is 6.61 Å². The predicted molar refractivity (Wildman–Crippen MR) is 53.4 cm³/mol. The Kier molecular flexibility index (Phi) is 7.40. The van der Waals surface area contributed by atoms with Crippen molar-refractivity contribution in [3.8, 4) is 0 Å². The molecule has 0 radical (unpaired) electrons. The molecule has 1 atom stereocenters. The molecule has 0 saturated heterocycles. The number of carbonyl (C=O) groups is 2. The quantitative estimate of drug-likeness (QED) is 0.637. The molecule has 0 spiro atoms. The molecule has 0 aliphatic heterocycles. The van der Waals surface area contributed by atoms with Crippen LogP contribution < -0.4 is 0 Å². The maximum absolute atomic E-state index is 11.2. The molecule has 0 fully saturated rings. The zero-order valence-electron chi connectivity index (χ0n) is 9.45. The van der Waals surface area contributed by atoms with Gasteiger partial charge in [-0.2, -0.15) is 0 Å². The average molecular weight is 218 g/mol. The van der Waals surface area contributed by atoms with Crippen LogP contribution in [0.25, 0.3) is 0 Å². The standard InChI is InChI=1S/C10H18O5/c1-4-6-13-9(11)8(3)15-10(12)14-7-5-2/h8H,4-7H2,1-3H3. The van der Waals surface area contributed by atoms with Crippen LogP contribution in [0.15, 0.2) is 0 Å². The molecule has 15 heavy (non-hydrogen) atoms. The number of carbonyl (C=O) groups excluding carboxylic acids is 2. The maximum Gasteiger partial charge on any atom is 0.509 e. The van der Waals surface area contributed by atoms with E-state index in [4.69, 9.17) is 4.74 Å². The fourth-order valence-corrected chi connectivity index (χ4v) is 0.732. The normalized spacial score (nSPS) is 11.7. The number of ether oxygens (including phenoxy) is 3. The van der Waals surface area contributed by atoms with Crippen molar-refractivity contribution in [3.05, 3.63) is 0 Å². The van der Waals surface area contributed by atoms with Gasteiger partial charge in [0.05, 0.1) is 13.2 Å². The summed E-state index contributed by atoms with van der Waals surface area (Å²) in [5.74, 6) is -0.551. The van der Waals surface area contributed by atoms with Gasteiger partial charge in [-0.3, -0.25) is 0 Å². The second-order valence-electron chi connectivity index (χ2n) is 3.03. The maximum atomic E-state index is 11.2. The van der Waals surface area contributed by atoms with Gasteiger partial charge in [0.15, 0.2) is 6.10 Å². The lowest BCUT2D eigenvalue weighted by Crippen LogP contribution is -2.27. The third-order valence-electron chi connectivity index (χ3n) is 1.48. The first-order valence-corrected chi connectivity index (χ1v) is 5.11. The van der Waals surface area contributed by atoms with E-state index in [0.717, 1.165) is 6.42 Å². The molecule has 88 valence electrons. The van der Waals surface area contributed by atoms with Gasteiger partial charge in [-0.25, -0.2) is 9.59 Å². The first kappa shape index (κ1) is 13.7. The first-order chi connectivity index (χ1) is 7.11.